The van der Waals surface area contributed by atoms with E-state index in [9.17, 15) is 13.6 Å². The molecule has 7 heteroatoms. The number of halogens is 2. The highest BCUT2D eigenvalue weighted by Gasteiger charge is 2.36. The highest BCUT2D eigenvalue weighted by Crippen LogP contribution is 2.39. The lowest BCUT2D eigenvalue weighted by molar-refractivity contribution is 0.0656. The van der Waals surface area contributed by atoms with Gasteiger partial charge in [0.2, 0.25) is 0 Å². The lowest BCUT2D eigenvalue weighted by atomic mass is 9.96. The Balaban J connectivity index is 1.96. The normalized spacial score (nSPS) is 19.8. The molecule has 2 heterocycles. The van der Waals surface area contributed by atoms with E-state index in [1.807, 2.05) is 52.0 Å². The maximum Gasteiger partial charge on any atom is 0.260 e. The summed E-state index contributed by atoms with van der Waals surface area (Å²) < 4.78 is 28.5. The molecule has 3 rings (SSSR count). The Bertz CT molecular complexity index is 793. The zero-order chi connectivity index (χ0) is 19.1. The van der Waals surface area contributed by atoms with Crippen LogP contribution in [0.15, 0.2) is 30.5 Å². The molecule has 26 heavy (non-hydrogen) atoms. The lowest BCUT2D eigenvalue weighted by Crippen LogP contribution is -2.41. The van der Waals surface area contributed by atoms with Crippen LogP contribution in [0.3, 0.4) is 0 Å². The predicted octanol–water partition coefficient (Wildman–Crippen LogP) is 4.08. The molecule has 1 aliphatic rings. The molecule has 5 nitrogen and oxygen atoms in total. The van der Waals surface area contributed by atoms with Gasteiger partial charge in [-0.15, -0.1) is 0 Å². The molecule has 0 unspecified atom stereocenters. The highest BCUT2D eigenvalue weighted by atomic mass is 19.3. The van der Waals surface area contributed by atoms with Crippen LogP contribution in [-0.2, 0) is 0 Å². The number of aryl methyl sites for hydroxylation is 1. The third kappa shape index (κ3) is 3.71. The van der Waals surface area contributed by atoms with Gasteiger partial charge in [-0.1, -0.05) is 29.8 Å². The summed E-state index contributed by atoms with van der Waals surface area (Å²) in [7, 11) is 0. The van der Waals surface area contributed by atoms with Gasteiger partial charge in [-0.3, -0.25) is 4.79 Å². The van der Waals surface area contributed by atoms with Crippen molar-refractivity contribution in [2.24, 2.45) is 0 Å². The maximum absolute atomic E-state index is 13.6. The summed E-state index contributed by atoms with van der Waals surface area (Å²) in [6.07, 6.45) is -1.01. The molecule has 140 valence electrons. The number of benzene rings is 1. The van der Waals surface area contributed by atoms with Crippen LogP contribution in [0.2, 0.25) is 0 Å². The Morgan fingerprint density at radius 3 is 2.54 bits per heavy atom. The van der Waals surface area contributed by atoms with Gasteiger partial charge in [-0.2, -0.15) is 5.10 Å². The molecule has 0 saturated carbocycles. The molecule has 1 aliphatic heterocycles. The number of fused-ring (bicyclic) bond motifs is 1. The van der Waals surface area contributed by atoms with Crippen molar-refractivity contribution >= 4 is 11.7 Å². The first-order valence-electron chi connectivity index (χ1n) is 8.67. The fraction of sp³-hybridized carbons (Fsp3) is 0.474. The first-order chi connectivity index (χ1) is 12.2. The van der Waals surface area contributed by atoms with Crippen LogP contribution in [-0.4, -0.2) is 27.7 Å². The maximum atomic E-state index is 13.6. The number of amides is 1. The van der Waals surface area contributed by atoms with Crippen LogP contribution in [0.5, 0.6) is 0 Å². The lowest BCUT2D eigenvalue weighted by Gasteiger charge is -2.33. The summed E-state index contributed by atoms with van der Waals surface area (Å²) in [5.41, 5.74) is 1.86. The summed E-state index contributed by atoms with van der Waals surface area (Å²) in [5, 5.41) is 10.2. The second-order valence-electron chi connectivity index (χ2n) is 7.80. The molecule has 1 amide bonds. The molecule has 2 N–H and O–H groups in total. The van der Waals surface area contributed by atoms with E-state index < -0.39 is 18.0 Å². The molecule has 0 spiro atoms. The zero-order valence-corrected chi connectivity index (χ0v) is 15.4. The summed E-state index contributed by atoms with van der Waals surface area (Å²) in [5.74, 6) is 0.0118. The number of carbonyl (C=O) groups excluding carboxylic acids is 1. The molecule has 0 aliphatic carbocycles. The number of hydrogen-bond acceptors (Lipinski definition) is 3. The molecular weight excluding hydrogens is 338 g/mol. The second kappa shape index (κ2) is 6.70. The van der Waals surface area contributed by atoms with Gasteiger partial charge in [-0.25, -0.2) is 13.5 Å². The minimum absolute atomic E-state index is 0.204. The number of aromatic nitrogens is 2. The van der Waals surface area contributed by atoms with E-state index in [2.05, 4.69) is 15.7 Å². The third-order valence-corrected chi connectivity index (χ3v) is 4.40. The van der Waals surface area contributed by atoms with E-state index >= 15 is 0 Å². The number of hydrogen-bond donors (Lipinski definition) is 2. The fourth-order valence-corrected chi connectivity index (χ4v) is 3.12. The summed E-state index contributed by atoms with van der Waals surface area (Å²) in [6, 6.07) is 6.38. The van der Waals surface area contributed by atoms with E-state index in [1.54, 1.807) is 0 Å². The van der Waals surface area contributed by atoms with Gasteiger partial charge in [0.15, 0.2) is 0 Å². The Morgan fingerprint density at radius 1 is 1.31 bits per heavy atom. The van der Waals surface area contributed by atoms with Crippen LogP contribution in [0.1, 0.15) is 60.8 Å². The first kappa shape index (κ1) is 18.4. The standard InChI is InChI=1S/C19H24F2N4O/c1-11-5-7-12(8-6-11)14-9-15(16(20)21)25-17(23-14)13(10-22-25)18(26)24-19(2,3)4/h5-8,10,14-16,23H,9H2,1-4H3,(H,24,26)/t14-,15+/m0/s1. The number of alkyl halides is 2. The van der Waals surface area contributed by atoms with Crippen molar-refractivity contribution in [3.8, 4) is 0 Å². The van der Waals surface area contributed by atoms with Gasteiger partial charge in [0.05, 0.1) is 12.2 Å². The predicted molar refractivity (Wildman–Crippen MR) is 96.6 cm³/mol. The molecule has 0 bridgehead atoms. The van der Waals surface area contributed by atoms with Gasteiger partial charge in [0.25, 0.3) is 12.3 Å². The number of rotatable bonds is 3. The average molecular weight is 362 g/mol. The van der Waals surface area contributed by atoms with Gasteiger partial charge in [-0.05, 0) is 39.7 Å². The van der Waals surface area contributed by atoms with Gasteiger partial charge < -0.3 is 10.6 Å². The Labute approximate surface area is 151 Å². The molecule has 2 atom stereocenters. The Morgan fingerprint density at radius 2 is 1.96 bits per heavy atom. The topological polar surface area (TPSA) is 59.0 Å². The minimum atomic E-state index is -2.57. The van der Waals surface area contributed by atoms with Crippen molar-refractivity contribution in [1.29, 1.82) is 0 Å². The first-order valence-corrected chi connectivity index (χ1v) is 8.67. The van der Waals surface area contributed by atoms with Crippen molar-refractivity contribution < 1.29 is 13.6 Å². The van der Waals surface area contributed by atoms with E-state index in [1.165, 1.54) is 10.9 Å². The van der Waals surface area contributed by atoms with Crippen LogP contribution in [0.4, 0.5) is 14.6 Å². The number of nitrogens with zero attached hydrogens (tertiary/aromatic N) is 2. The van der Waals surface area contributed by atoms with Crippen LogP contribution < -0.4 is 10.6 Å². The SMILES string of the molecule is Cc1ccc([C@@H]2C[C@H](C(F)F)n3ncc(C(=O)NC(C)(C)C)c3N2)cc1. The molecule has 0 radical (unpaired) electrons. The Kier molecular flexibility index (Phi) is 4.73. The van der Waals surface area contributed by atoms with Crippen molar-refractivity contribution in [2.75, 3.05) is 5.32 Å². The monoisotopic (exact) mass is 362 g/mol. The zero-order valence-electron chi connectivity index (χ0n) is 15.4. The van der Waals surface area contributed by atoms with Crippen LogP contribution in [0, 0.1) is 6.92 Å². The van der Waals surface area contributed by atoms with Gasteiger partial charge >= 0.3 is 0 Å². The molecule has 0 fully saturated rings. The van der Waals surface area contributed by atoms with Crippen molar-refractivity contribution in [2.45, 2.75) is 58.2 Å². The van der Waals surface area contributed by atoms with E-state index in [-0.39, 0.29) is 23.9 Å². The molecular formula is C19H24F2N4O. The quantitative estimate of drug-likeness (QED) is 0.865. The van der Waals surface area contributed by atoms with E-state index in [4.69, 9.17) is 0 Å². The fourth-order valence-electron chi connectivity index (χ4n) is 3.12. The summed E-state index contributed by atoms with van der Waals surface area (Å²) >= 11 is 0. The van der Waals surface area contributed by atoms with Crippen LogP contribution in [0.25, 0.3) is 0 Å². The number of carbonyl (C=O) groups is 1. The van der Waals surface area contributed by atoms with E-state index in [0.717, 1.165) is 11.1 Å². The van der Waals surface area contributed by atoms with Gasteiger partial charge in [0, 0.05) is 5.54 Å². The number of nitrogens with one attached hydrogen (secondary N) is 2. The molecule has 1 aromatic carbocycles. The smallest absolute Gasteiger partial charge is 0.260 e. The van der Waals surface area contributed by atoms with Crippen molar-refractivity contribution in [1.82, 2.24) is 15.1 Å². The van der Waals surface area contributed by atoms with Crippen LogP contribution >= 0.6 is 0 Å². The van der Waals surface area contributed by atoms with E-state index in [0.29, 0.717) is 5.82 Å². The largest absolute Gasteiger partial charge is 0.363 e. The highest BCUT2D eigenvalue weighted by molar-refractivity contribution is 5.99. The molecule has 0 saturated heterocycles. The number of anilines is 1. The minimum Gasteiger partial charge on any atom is -0.363 e. The van der Waals surface area contributed by atoms with Gasteiger partial charge in [0.1, 0.15) is 17.4 Å². The Hall–Kier alpha value is -2.44. The van der Waals surface area contributed by atoms with Crippen molar-refractivity contribution in [3.63, 3.8) is 0 Å². The summed E-state index contributed by atoms with van der Waals surface area (Å²) in [6.45, 7) is 7.58. The second-order valence-corrected chi connectivity index (χ2v) is 7.80. The third-order valence-electron chi connectivity index (χ3n) is 4.40. The van der Waals surface area contributed by atoms with Crippen molar-refractivity contribution in [3.05, 3.63) is 47.2 Å². The molecule has 1 aromatic heterocycles. The summed E-state index contributed by atoms with van der Waals surface area (Å²) in [4.78, 5) is 12.6. The molecule has 2 aromatic rings. The average Bonchev–Trinajstić information content (AvgIpc) is 2.96.